The van der Waals surface area contributed by atoms with Crippen LogP contribution in [0, 0.1) is 0 Å². The number of benzene rings is 1. The van der Waals surface area contributed by atoms with E-state index < -0.39 is 0 Å². The van der Waals surface area contributed by atoms with Crippen LogP contribution in [0.5, 0.6) is 5.75 Å². The van der Waals surface area contributed by atoms with Crippen LogP contribution in [0.3, 0.4) is 0 Å². The third kappa shape index (κ3) is 4.42. The number of hydrogen-bond acceptors (Lipinski definition) is 6. The zero-order valence-electron chi connectivity index (χ0n) is 18.9. The van der Waals surface area contributed by atoms with E-state index in [-0.39, 0.29) is 12.0 Å². The first-order valence-corrected chi connectivity index (χ1v) is 11.0. The van der Waals surface area contributed by atoms with Crippen LogP contribution >= 0.6 is 0 Å². The lowest BCUT2D eigenvalue weighted by atomic mass is 10.2. The van der Waals surface area contributed by atoms with Crippen molar-refractivity contribution >= 4 is 22.6 Å². The number of ether oxygens (including phenoxy) is 1. The normalized spacial score (nSPS) is 13.8. The van der Waals surface area contributed by atoms with Gasteiger partial charge in [-0.3, -0.25) is 9.69 Å². The number of rotatable bonds is 5. The maximum absolute atomic E-state index is 12.7. The third-order valence-electron chi connectivity index (χ3n) is 5.62. The van der Waals surface area contributed by atoms with Gasteiger partial charge in [0.2, 0.25) is 0 Å². The fourth-order valence-corrected chi connectivity index (χ4v) is 3.96. The first kappa shape index (κ1) is 21.1. The van der Waals surface area contributed by atoms with Gasteiger partial charge in [-0.25, -0.2) is 15.0 Å². The standard InChI is InChI=1S/C25H26N6O2/c1-16(2)33-19-7-4-17(5-8-19)25(32)29-23-12-21-18(13-26-23)6-9-20(28-21)22-14-27-24-15-30(3)10-11-31(22)24/h4-9,12-14,16H,10-11,15H2,1-3H3,(H,26,29,32). The average Bonchev–Trinajstić information content (AvgIpc) is 3.21. The summed E-state index contributed by atoms with van der Waals surface area (Å²) in [6, 6.07) is 12.9. The molecule has 1 N–H and O–H groups in total. The molecule has 0 aliphatic carbocycles. The second-order valence-electron chi connectivity index (χ2n) is 8.55. The molecule has 3 aromatic heterocycles. The summed E-state index contributed by atoms with van der Waals surface area (Å²) in [7, 11) is 2.10. The lowest BCUT2D eigenvalue weighted by molar-refractivity contribution is 0.102. The van der Waals surface area contributed by atoms with E-state index in [0.29, 0.717) is 11.4 Å². The number of likely N-dealkylation sites (N-methyl/N-ethyl adjacent to an activating group) is 1. The summed E-state index contributed by atoms with van der Waals surface area (Å²) in [5.74, 6) is 2.00. The molecule has 0 fully saturated rings. The summed E-state index contributed by atoms with van der Waals surface area (Å²) in [4.78, 5) is 28.8. The van der Waals surface area contributed by atoms with Crippen molar-refractivity contribution in [2.24, 2.45) is 0 Å². The maximum Gasteiger partial charge on any atom is 0.256 e. The van der Waals surface area contributed by atoms with Crippen molar-refractivity contribution < 1.29 is 9.53 Å². The summed E-state index contributed by atoms with van der Waals surface area (Å²) in [6.07, 6.45) is 3.69. The number of pyridine rings is 2. The van der Waals surface area contributed by atoms with E-state index in [1.165, 1.54) is 0 Å². The Kier molecular flexibility index (Phi) is 5.51. The van der Waals surface area contributed by atoms with Crippen molar-refractivity contribution in [3.05, 3.63) is 66.2 Å². The van der Waals surface area contributed by atoms with Gasteiger partial charge in [-0.1, -0.05) is 0 Å². The number of anilines is 1. The van der Waals surface area contributed by atoms with Gasteiger partial charge in [0.25, 0.3) is 5.91 Å². The quantitative estimate of drug-likeness (QED) is 0.503. The van der Waals surface area contributed by atoms with E-state index in [0.717, 1.165) is 53.5 Å². The number of hydrogen-bond donors (Lipinski definition) is 1. The Hall–Kier alpha value is -3.78. The molecule has 8 nitrogen and oxygen atoms in total. The predicted octanol–water partition coefficient (Wildman–Crippen LogP) is 3.98. The first-order valence-electron chi connectivity index (χ1n) is 11.0. The molecule has 1 aliphatic rings. The molecule has 4 heterocycles. The monoisotopic (exact) mass is 442 g/mol. The van der Waals surface area contributed by atoms with Crippen LogP contribution in [0.15, 0.2) is 54.9 Å². The van der Waals surface area contributed by atoms with Gasteiger partial charge in [0.05, 0.1) is 35.8 Å². The number of carbonyl (C=O) groups excluding carboxylic acids is 1. The molecule has 33 heavy (non-hydrogen) atoms. The number of nitrogens with one attached hydrogen (secondary N) is 1. The molecular weight excluding hydrogens is 416 g/mol. The van der Waals surface area contributed by atoms with Crippen molar-refractivity contribution in [1.29, 1.82) is 0 Å². The summed E-state index contributed by atoms with van der Waals surface area (Å²) in [5, 5.41) is 3.77. The van der Waals surface area contributed by atoms with Crippen molar-refractivity contribution in [3.63, 3.8) is 0 Å². The Labute approximate surface area is 192 Å². The molecule has 168 valence electrons. The van der Waals surface area contributed by atoms with Gasteiger partial charge in [0, 0.05) is 36.3 Å². The molecule has 5 rings (SSSR count). The Morgan fingerprint density at radius 3 is 2.67 bits per heavy atom. The molecule has 0 atom stereocenters. The summed E-state index contributed by atoms with van der Waals surface area (Å²) in [5.41, 5.74) is 3.16. The average molecular weight is 443 g/mol. The second-order valence-corrected chi connectivity index (χ2v) is 8.55. The number of imidazole rings is 1. The number of amides is 1. The number of aromatic nitrogens is 4. The highest BCUT2D eigenvalue weighted by Crippen LogP contribution is 2.25. The van der Waals surface area contributed by atoms with Crippen molar-refractivity contribution in [2.75, 3.05) is 18.9 Å². The van der Waals surface area contributed by atoms with E-state index in [4.69, 9.17) is 9.72 Å². The van der Waals surface area contributed by atoms with Gasteiger partial charge in [-0.15, -0.1) is 0 Å². The van der Waals surface area contributed by atoms with Crippen LogP contribution < -0.4 is 10.1 Å². The molecule has 8 heteroatoms. The minimum absolute atomic E-state index is 0.0817. The van der Waals surface area contributed by atoms with Gasteiger partial charge >= 0.3 is 0 Å². The topological polar surface area (TPSA) is 85.2 Å². The highest BCUT2D eigenvalue weighted by atomic mass is 16.5. The minimum atomic E-state index is -0.233. The molecule has 1 aliphatic heterocycles. The summed E-state index contributed by atoms with van der Waals surface area (Å²) < 4.78 is 7.86. The van der Waals surface area contributed by atoms with E-state index in [1.54, 1.807) is 36.5 Å². The smallest absolute Gasteiger partial charge is 0.256 e. The van der Waals surface area contributed by atoms with Gasteiger partial charge in [-0.05, 0) is 57.3 Å². The molecule has 0 radical (unpaired) electrons. The molecule has 0 saturated carbocycles. The van der Waals surface area contributed by atoms with E-state index >= 15 is 0 Å². The fourth-order valence-electron chi connectivity index (χ4n) is 3.96. The Balaban J connectivity index is 1.38. The van der Waals surface area contributed by atoms with E-state index in [9.17, 15) is 4.79 Å². The van der Waals surface area contributed by atoms with Gasteiger partial charge in [-0.2, -0.15) is 0 Å². The molecule has 4 aromatic rings. The fraction of sp³-hybridized carbons (Fsp3) is 0.280. The second kappa shape index (κ2) is 8.63. The lowest BCUT2D eigenvalue weighted by Gasteiger charge is -2.24. The van der Waals surface area contributed by atoms with Crippen LogP contribution in [0.4, 0.5) is 5.82 Å². The predicted molar refractivity (Wildman–Crippen MR) is 127 cm³/mol. The number of carbonyl (C=O) groups is 1. The number of fused-ring (bicyclic) bond motifs is 2. The highest BCUT2D eigenvalue weighted by molar-refractivity contribution is 6.04. The van der Waals surface area contributed by atoms with Crippen LogP contribution in [0.1, 0.15) is 30.0 Å². The molecular formula is C25H26N6O2. The number of nitrogens with zero attached hydrogens (tertiary/aromatic N) is 5. The van der Waals surface area contributed by atoms with Crippen LogP contribution in [-0.2, 0) is 13.1 Å². The molecule has 0 bridgehead atoms. The van der Waals surface area contributed by atoms with Crippen LogP contribution in [0.2, 0.25) is 0 Å². The third-order valence-corrected chi connectivity index (χ3v) is 5.62. The van der Waals surface area contributed by atoms with E-state index in [2.05, 4.69) is 31.8 Å². The Morgan fingerprint density at radius 2 is 1.88 bits per heavy atom. The Morgan fingerprint density at radius 1 is 1.06 bits per heavy atom. The maximum atomic E-state index is 12.7. The zero-order valence-corrected chi connectivity index (χ0v) is 18.9. The lowest BCUT2D eigenvalue weighted by Crippen LogP contribution is -2.30. The summed E-state index contributed by atoms with van der Waals surface area (Å²) >= 11 is 0. The summed E-state index contributed by atoms with van der Waals surface area (Å²) in [6.45, 7) is 6.63. The molecule has 1 amide bonds. The highest BCUT2D eigenvalue weighted by Gasteiger charge is 2.19. The van der Waals surface area contributed by atoms with Crippen molar-refractivity contribution in [3.8, 4) is 17.1 Å². The molecule has 0 unspecified atom stereocenters. The van der Waals surface area contributed by atoms with Gasteiger partial charge in [0.1, 0.15) is 17.4 Å². The van der Waals surface area contributed by atoms with Crippen LogP contribution in [0.25, 0.3) is 22.3 Å². The van der Waals surface area contributed by atoms with Gasteiger partial charge < -0.3 is 14.6 Å². The largest absolute Gasteiger partial charge is 0.491 e. The van der Waals surface area contributed by atoms with E-state index in [1.807, 2.05) is 32.2 Å². The zero-order chi connectivity index (χ0) is 22.9. The molecule has 1 aromatic carbocycles. The SMILES string of the molecule is CC(C)Oc1ccc(C(=O)Nc2cc3nc(-c4cnc5n4CCN(C)C5)ccc3cn2)cc1. The van der Waals surface area contributed by atoms with Crippen molar-refractivity contribution in [2.45, 2.75) is 33.0 Å². The molecule has 0 spiro atoms. The van der Waals surface area contributed by atoms with Crippen LogP contribution in [-0.4, -0.2) is 50.0 Å². The Bertz CT molecular complexity index is 1310. The van der Waals surface area contributed by atoms with Gasteiger partial charge in [0.15, 0.2) is 0 Å². The minimum Gasteiger partial charge on any atom is -0.491 e. The van der Waals surface area contributed by atoms with Crippen molar-refractivity contribution in [1.82, 2.24) is 24.4 Å². The molecule has 0 saturated heterocycles. The first-order chi connectivity index (χ1) is 16.0.